The van der Waals surface area contributed by atoms with Crippen LogP contribution in [0.3, 0.4) is 0 Å². The Kier molecular flexibility index (Phi) is 4.68. The summed E-state index contributed by atoms with van der Waals surface area (Å²) in [6, 6.07) is 13.2. The van der Waals surface area contributed by atoms with Gasteiger partial charge < -0.3 is 5.32 Å². The standard InChI is InChI=1S/C15H20N2S/c1-18-9-5-8-17-14-10-15(11-14,12-16)13-6-3-2-4-7-13/h2-4,6-7,14,17H,5,8-11H2,1H3. The highest BCUT2D eigenvalue weighted by Gasteiger charge is 2.45. The Morgan fingerprint density at radius 3 is 2.72 bits per heavy atom. The van der Waals surface area contributed by atoms with Gasteiger partial charge in [-0.15, -0.1) is 0 Å². The zero-order valence-corrected chi connectivity index (χ0v) is 11.7. The second-order valence-electron chi connectivity index (χ2n) is 4.97. The zero-order chi connectivity index (χ0) is 12.8. The van der Waals surface area contributed by atoms with Gasteiger partial charge in [0.25, 0.3) is 0 Å². The van der Waals surface area contributed by atoms with Gasteiger partial charge in [-0.05, 0) is 43.4 Å². The predicted octanol–water partition coefficient (Wildman–Crippen LogP) is 2.95. The molecule has 1 saturated carbocycles. The molecule has 0 bridgehead atoms. The van der Waals surface area contributed by atoms with Gasteiger partial charge in [0.05, 0.1) is 11.5 Å². The van der Waals surface area contributed by atoms with Crippen molar-refractivity contribution < 1.29 is 0 Å². The van der Waals surface area contributed by atoms with Gasteiger partial charge in [-0.3, -0.25) is 0 Å². The van der Waals surface area contributed by atoms with Crippen molar-refractivity contribution in [3.05, 3.63) is 35.9 Å². The maximum Gasteiger partial charge on any atom is 0.0852 e. The summed E-state index contributed by atoms with van der Waals surface area (Å²) in [6.07, 6.45) is 5.25. The molecule has 1 aliphatic carbocycles. The van der Waals surface area contributed by atoms with Crippen LogP contribution in [0.4, 0.5) is 0 Å². The fraction of sp³-hybridized carbons (Fsp3) is 0.533. The molecule has 0 heterocycles. The van der Waals surface area contributed by atoms with Crippen molar-refractivity contribution in [3.63, 3.8) is 0 Å². The van der Waals surface area contributed by atoms with Crippen LogP contribution in [-0.4, -0.2) is 24.6 Å². The van der Waals surface area contributed by atoms with E-state index >= 15 is 0 Å². The molecule has 0 atom stereocenters. The second kappa shape index (κ2) is 6.26. The van der Waals surface area contributed by atoms with Crippen molar-refractivity contribution in [2.24, 2.45) is 0 Å². The van der Waals surface area contributed by atoms with Gasteiger partial charge in [-0.25, -0.2) is 0 Å². The van der Waals surface area contributed by atoms with Crippen molar-refractivity contribution in [1.29, 1.82) is 5.26 Å². The lowest BCUT2D eigenvalue weighted by atomic mass is 9.62. The lowest BCUT2D eigenvalue weighted by molar-refractivity contribution is 0.228. The van der Waals surface area contributed by atoms with Crippen LogP contribution in [0.2, 0.25) is 0 Å². The maximum absolute atomic E-state index is 9.44. The van der Waals surface area contributed by atoms with E-state index in [2.05, 4.69) is 29.8 Å². The van der Waals surface area contributed by atoms with E-state index in [1.54, 1.807) is 0 Å². The van der Waals surface area contributed by atoms with Crippen molar-refractivity contribution in [2.45, 2.75) is 30.7 Å². The summed E-state index contributed by atoms with van der Waals surface area (Å²) in [4.78, 5) is 0. The fourth-order valence-electron chi connectivity index (χ4n) is 2.60. The van der Waals surface area contributed by atoms with Crippen molar-refractivity contribution in [2.75, 3.05) is 18.6 Å². The highest BCUT2D eigenvalue weighted by atomic mass is 32.2. The van der Waals surface area contributed by atoms with E-state index in [0.29, 0.717) is 6.04 Å². The Hall–Kier alpha value is -0.980. The first-order valence-corrected chi connectivity index (χ1v) is 7.89. The van der Waals surface area contributed by atoms with E-state index in [1.807, 2.05) is 30.0 Å². The van der Waals surface area contributed by atoms with Crippen LogP contribution in [0.5, 0.6) is 0 Å². The van der Waals surface area contributed by atoms with Gasteiger partial charge in [-0.2, -0.15) is 17.0 Å². The topological polar surface area (TPSA) is 35.8 Å². The highest BCUT2D eigenvalue weighted by Crippen LogP contribution is 2.43. The largest absolute Gasteiger partial charge is 0.314 e. The molecule has 3 heteroatoms. The predicted molar refractivity (Wildman–Crippen MR) is 77.8 cm³/mol. The van der Waals surface area contributed by atoms with E-state index in [4.69, 9.17) is 0 Å². The first-order chi connectivity index (χ1) is 8.80. The van der Waals surface area contributed by atoms with Crippen molar-refractivity contribution in [3.8, 4) is 6.07 Å². The third kappa shape index (κ3) is 2.88. The lowest BCUT2D eigenvalue weighted by Gasteiger charge is -2.43. The summed E-state index contributed by atoms with van der Waals surface area (Å²) >= 11 is 1.89. The summed E-state index contributed by atoms with van der Waals surface area (Å²) in [5.74, 6) is 1.21. The summed E-state index contributed by atoms with van der Waals surface area (Å²) < 4.78 is 0. The minimum atomic E-state index is -0.238. The van der Waals surface area contributed by atoms with Gasteiger partial charge in [0.15, 0.2) is 0 Å². The third-order valence-electron chi connectivity index (χ3n) is 3.69. The van der Waals surface area contributed by atoms with Crippen LogP contribution < -0.4 is 5.32 Å². The Morgan fingerprint density at radius 1 is 1.39 bits per heavy atom. The van der Waals surface area contributed by atoms with E-state index in [0.717, 1.165) is 19.4 Å². The van der Waals surface area contributed by atoms with Gasteiger partial charge in [0, 0.05) is 6.04 Å². The van der Waals surface area contributed by atoms with Crippen LogP contribution in [0.25, 0.3) is 0 Å². The first-order valence-electron chi connectivity index (χ1n) is 6.50. The number of benzene rings is 1. The maximum atomic E-state index is 9.44. The molecule has 1 fully saturated rings. The Bertz CT molecular complexity index is 404. The van der Waals surface area contributed by atoms with Crippen LogP contribution >= 0.6 is 11.8 Å². The smallest absolute Gasteiger partial charge is 0.0852 e. The summed E-state index contributed by atoms with van der Waals surface area (Å²) in [6.45, 7) is 1.07. The molecule has 0 aliphatic heterocycles. The van der Waals surface area contributed by atoms with E-state index in [-0.39, 0.29) is 5.41 Å². The number of nitriles is 1. The average Bonchev–Trinajstić information content (AvgIpc) is 2.38. The number of rotatable bonds is 6. The molecule has 0 unspecified atom stereocenters. The number of hydrogen-bond donors (Lipinski definition) is 1. The molecular weight excluding hydrogens is 240 g/mol. The van der Waals surface area contributed by atoms with Crippen LogP contribution in [0.15, 0.2) is 30.3 Å². The molecule has 2 nitrogen and oxygen atoms in total. The van der Waals surface area contributed by atoms with E-state index < -0.39 is 0 Å². The Labute approximate surface area is 114 Å². The zero-order valence-electron chi connectivity index (χ0n) is 10.9. The van der Waals surface area contributed by atoms with Crippen LogP contribution in [0.1, 0.15) is 24.8 Å². The molecule has 2 rings (SSSR count). The highest BCUT2D eigenvalue weighted by molar-refractivity contribution is 7.98. The summed E-state index contributed by atoms with van der Waals surface area (Å²) in [5, 5.41) is 13.0. The van der Waals surface area contributed by atoms with Gasteiger partial charge in [0.1, 0.15) is 0 Å². The molecule has 0 amide bonds. The first kappa shape index (κ1) is 13.5. The number of thioether (sulfide) groups is 1. The SMILES string of the molecule is CSCCCNC1CC(C#N)(c2ccccc2)C1. The monoisotopic (exact) mass is 260 g/mol. The molecule has 1 aromatic rings. The molecule has 18 heavy (non-hydrogen) atoms. The molecule has 0 saturated heterocycles. The molecule has 1 aromatic carbocycles. The second-order valence-corrected chi connectivity index (χ2v) is 5.95. The summed E-state index contributed by atoms with van der Waals surface area (Å²) in [7, 11) is 0. The fourth-order valence-corrected chi connectivity index (χ4v) is 3.03. The summed E-state index contributed by atoms with van der Waals surface area (Å²) in [5.41, 5.74) is 0.938. The van der Waals surface area contributed by atoms with Crippen LogP contribution in [-0.2, 0) is 5.41 Å². The third-order valence-corrected chi connectivity index (χ3v) is 4.39. The van der Waals surface area contributed by atoms with E-state index in [9.17, 15) is 5.26 Å². The minimum Gasteiger partial charge on any atom is -0.314 e. The Morgan fingerprint density at radius 2 is 2.11 bits per heavy atom. The number of nitrogens with zero attached hydrogens (tertiary/aromatic N) is 1. The normalized spacial score (nSPS) is 26.3. The quantitative estimate of drug-likeness (QED) is 0.799. The average molecular weight is 260 g/mol. The van der Waals surface area contributed by atoms with Gasteiger partial charge in [-0.1, -0.05) is 30.3 Å². The molecule has 1 N–H and O–H groups in total. The van der Waals surface area contributed by atoms with E-state index in [1.165, 1.54) is 17.7 Å². The molecule has 1 aliphatic rings. The van der Waals surface area contributed by atoms with Gasteiger partial charge >= 0.3 is 0 Å². The molecule has 0 aromatic heterocycles. The molecular formula is C15H20N2S. The number of nitrogens with one attached hydrogen (secondary N) is 1. The minimum absolute atomic E-state index is 0.238. The van der Waals surface area contributed by atoms with Crippen molar-refractivity contribution in [1.82, 2.24) is 5.32 Å². The number of hydrogen-bond acceptors (Lipinski definition) is 3. The Balaban J connectivity index is 1.83. The molecule has 0 spiro atoms. The van der Waals surface area contributed by atoms with Gasteiger partial charge in [0.2, 0.25) is 0 Å². The molecule has 0 radical (unpaired) electrons. The lowest BCUT2D eigenvalue weighted by Crippen LogP contribution is -2.51. The molecule has 96 valence electrons. The van der Waals surface area contributed by atoms with Crippen LogP contribution in [0, 0.1) is 11.3 Å². The van der Waals surface area contributed by atoms with Crippen molar-refractivity contribution >= 4 is 11.8 Å².